The van der Waals surface area contributed by atoms with Gasteiger partial charge in [-0.05, 0) is 0 Å². The van der Waals surface area contributed by atoms with E-state index in [1.54, 1.807) is 0 Å². The van der Waals surface area contributed by atoms with Crippen LogP contribution in [0.2, 0.25) is 0 Å². The van der Waals surface area contributed by atoms with Gasteiger partial charge in [-0.3, -0.25) is 9.97 Å². The Hall–Kier alpha value is -1.39. The molecule has 5 nitrogen and oxygen atoms in total. The van der Waals surface area contributed by atoms with Gasteiger partial charge in [-0.1, -0.05) is 0 Å². The van der Waals surface area contributed by atoms with Crippen LogP contribution in [-0.4, -0.2) is 15.1 Å². The first-order valence-electron chi connectivity index (χ1n) is 1.97. The van der Waals surface area contributed by atoms with Gasteiger partial charge in [-0.2, -0.15) is 0 Å². The molecule has 0 saturated heterocycles. The minimum Gasteiger partial charge on any atom is -0.492 e. The monoisotopic (exact) mass is 115 g/mol. The molecule has 1 aromatic rings. The van der Waals surface area contributed by atoms with Gasteiger partial charge in [0.05, 0.1) is 0 Å². The molecule has 0 unspecified atom stereocenters. The molecule has 5 N–H and O–H groups in total. The SMILES string of the molecule is Nc1[nH]c(=O)[nH]c1O. The standard InChI is InChI=1S/C3H5N3O2/c4-1-2(7)6-3(8)5-1/h7H,4H2,(H2,5,6,8). The molecule has 0 aliphatic carbocycles. The number of aromatic hydroxyl groups is 1. The van der Waals surface area contributed by atoms with Crippen LogP contribution in [0.5, 0.6) is 5.88 Å². The predicted octanol–water partition coefficient (Wildman–Crippen LogP) is -1.01. The Morgan fingerprint density at radius 3 is 2.25 bits per heavy atom. The largest absolute Gasteiger partial charge is 0.492 e. The zero-order valence-electron chi connectivity index (χ0n) is 3.93. The average Bonchev–Trinajstić information content (AvgIpc) is 1.85. The smallest absolute Gasteiger partial charge is 0.327 e. The second-order valence-electron chi connectivity index (χ2n) is 1.34. The third-order valence-electron chi connectivity index (χ3n) is 0.735. The van der Waals surface area contributed by atoms with Crippen LogP contribution >= 0.6 is 0 Å². The lowest BCUT2D eigenvalue weighted by Gasteiger charge is -1.79. The summed E-state index contributed by atoms with van der Waals surface area (Å²) >= 11 is 0. The van der Waals surface area contributed by atoms with Crippen LogP contribution in [0, 0.1) is 0 Å². The van der Waals surface area contributed by atoms with Crippen molar-refractivity contribution in [3.63, 3.8) is 0 Å². The normalized spacial score (nSPS) is 9.50. The molecule has 0 atom stereocenters. The highest BCUT2D eigenvalue weighted by Crippen LogP contribution is 2.06. The molecule has 1 aromatic heterocycles. The first kappa shape index (κ1) is 4.76. The van der Waals surface area contributed by atoms with Crippen molar-refractivity contribution in [2.75, 3.05) is 5.73 Å². The quantitative estimate of drug-likeness (QED) is 0.349. The van der Waals surface area contributed by atoms with E-state index in [4.69, 9.17) is 10.8 Å². The summed E-state index contributed by atoms with van der Waals surface area (Å²) in [5.41, 5.74) is 4.50. The summed E-state index contributed by atoms with van der Waals surface area (Å²) in [6.45, 7) is 0. The molecule has 0 spiro atoms. The Balaban J connectivity index is 3.35. The maximum absolute atomic E-state index is 10.2. The third-order valence-corrected chi connectivity index (χ3v) is 0.735. The minimum atomic E-state index is -0.500. The number of hydrogen-bond acceptors (Lipinski definition) is 3. The number of nitrogens with two attached hydrogens (primary N) is 1. The van der Waals surface area contributed by atoms with Crippen LogP contribution < -0.4 is 11.4 Å². The lowest BCUT2D eigenvalue weighted by molar-refractivity contribution is 0.458. The maximum atomic E-state index is 10.2. The van der Waals surface area contributed by atoms with E-state index in [-0.39, 0.29) is 11.7 Å². The van der Waals surface area contributed by atoms with Crippen molar-refractivity contribution in [2.45, 2.75) is 0 Å². The Bertz CT molecular complexity index is 212. The molecule has 1 rings (SSSR count). The molecule has 0 aliphatic rings. The summed E-state index contributed by atoms with van der Waals surface area (Å²) in [5.74, 6) is -0.343. The van der Waals surface area contributed by atoms with Gasteiger partial charge in [-0.15, -0.1) is 0 Å². The van der Waals surface area contributed by atoms with Gasteiger partial charge in [0.25, 0.3) is 0 Å². The zero-order chi connectivity index (χ0) is 6.15. The maximum Gasteiger partial charge on any atom is 0.327 e. The molecule has 0 radical (unpaired) electrons. The predicted molar refractivity (Wildman–Crippen MR) is 27.5 cm³/mol. The Morgan fingerprint density at radius 1 is 1.50 bits per heavy atom. The van der Waals surface area contributed by atoms with Crippen molar-refractivity contribution in [1.82, 2.24) is 9.97 Å². The van der Waals surface area contributed by atoms with Crippen molar-refractivity contribution in [3.05, 3.63) is 10.5 Å². The highest BCUT2D eigenvalue weighted by atomic mass is 16.3. The average molecular weight is 115 g/mol. The number of imidazole rings is 1. The van der Waals surface area contributed by atoms with Crippen LogP contribution in [0.1, 0.15) is 0 Å². The number of nitrogen functional groups attached to an aromatic ring is 1. The van der Waals surface area contributed by atoms with Gasteiger partial charge in [0.15, 0.2) is 5.82 Å². The number of anilines is 1. The fourth-order valence-corrected chi connectivity index (χ4v) is 0.388. The lowest BCUT2D eigenvalue weighted by Crippen LogP contribution is -2.00. The number of rotatable bonds is 0. The highest BCUT2D eigenvalue weighted by molar-refractivity contribution is 5.37. The van der Waals surface area contributed by atoms with E-state index in [2.05, 4.69) is 4.98 Å². The molecule has 0 aromatic carbocycles. The van der Waals surface area contributed by atoms with Gasteiger partial charge < -0.3 is 10.8 Å². The topological polar surface area (TPSA) is 94.9 Å². The second-order valence-corrected chi connectivity index (χ2v) is 1.34. The molecule has 1 heterocycles. The molecule has 5 heteroatoms. The van der Waals surface area contributed by atoms with Gasteiger partial charge in [0.1, 0.15) is 0 Å². The first-order valence-corrected chi connectivity index (χ1v) is 1.97. The van der Waals surface area contributed by atoms with Crippen LogP contribution in [0.25, 0.3) is 0 Å². The molecule has 0 aliphatic heterocycles. The van der Waals surface area contributed by atoms with Crippen molar-refractivity contribution in [1.29, 1.82) is 0 Å². The Kier molecular flexibility index (Phi) is 0.768. The summed E-state index contributed by atoms with van der Waals surface area (Å²) in [5, 5.41) is 8.53. The molecule has 8 heavy (non-hydrogen) atoms. The Labute approximate surface area is 44.2 Å². The first-order chi connectivity index (χ1) is 3.70. The van der Waals surface area contributed by atoms with Gasteiger partial charge in [-0.25, -0.2) is 4.79 Å². The van der Waals surface area contributed by atoms with E-state index in [0.29, 0.717) is 0 Å². The molecule has 0 fully saturated rings. The molecule has 0 amide bonds. The number of aromatic amines is 2. The summed E-state index contributed by atoms with van der Waals surface area (Å²) in [6, 6.07) is 0. The van der Waals surface area contributed by atoms with E-state index < -0.39 is 5.69 Å². The van der Waals surface area contributed by atoms with E-state index in [0.717, 1.165) is 0 Å². The van der Waals surface area contributed by atoms with E-state index in [1.807, 2.05) is 4.98 Å². The van der Waals surface area contributed by atoms with E-state index in [9.17, 15) is 4.79 Å². The van der Waals surface area contributed by atoms with Crippen molar-refractivity contribution in [2.24, 2.45) is 0 Å². The molecular formula is C3H5N3O2. The fraction of sp³-hybridized carbons (Fsp3) is 0. The van der Waals surface area contributed by atoms with E-state index >= 15 is 0 Å². The number of nitrogens with one attached hydrogen (secondary N) is 2. The van der Waals surface area contributed by atoms with Crippen LogP contribution in [-0.2, 0) is 0 Å². The summed E-state index contributed by atoms with van der Waals surface area (Å²) < 4.78 is 0. The number of aromatic nitrogens is 2. The second kappa shape index (κ2) is 1.29. The Morgan fingerprint density at radius 2 is 2.12 bits per heavy atom. The van der Waals surface area contributed by atoms with Gasteiger partial charge in [0.2, 0.25) is 5.88 Å². The highest BCUT2D eigenvalue weighted by Gasteiger charge is 1.96. The van der Waals surface area contributed by atoms with Crippen LogP contribution in [0.15, 0.2) is 4.79 Å². The fourth-order valence-electron chi connectivity index (χ4n) is 0.388. The molecular weight excluding hydrogens is 110 g/mol. The van der Waals surface area contributed by atoms with Crippen LogP contribution in [0.3, 0.4) is 0 Å². The lowest BCUT2D eigenvalue weighted by atomic mass is 10.7. The number of H-pyrrole nitrogens is 2. The van der Waals surface area contributed by atoms with Gasteiger partial charge >= 0.3 is 5.69 Å². The molecule has 44 valence electrons. The van der Waals surface area contributed by atoms with Crippen molar-refractivity contribution < 1.29 is 5.11 Å². The van der Waals surface area contributed by atoms with Gasteiger partial charge in [0, 0.05) is 0 Å². The van der Waals surface area contributed by atoms with Crippen molar-refractivity contribution >= 4 is 5.82 Å². The van der Waals surface area contributed by atoms with Crippen molar-refractivity contribution in [3.8, 4) is 5.88 Å². The zero-order valence-corrected chi connectivity index (χ0v) is 3.93. The molecule has 0 saturated carbocycles. The summed E-state index contributed by atoms with van der Waals surface area (Å²) in [4.78, 5) is 14.3. The summed E-state index contributed by atoms with van der Waals surface area (Å²) in [6.07, 6.45) is 0. The van der Waals surface area contributed by atoms with E-state index in [1.165, 1.54) is 0 Å². The summed E-state index contributed by atoms with van der Waals surface area (Å²) in [7, 11) is 0. The minimum absolute atomic E-state index is 0.0324. The molecule has 0 bridgehead atoms. The number of hydrogen-bond donors (Lipinski definition) is 4. The van der Waals surface area contributed by atoms with Crippen LogP contribution in [0.4, 0.5) is 5.82 Å². The third kappa shape index (κ3) is 0.534.